The lowest BCUT2D eigenvalue weighted by Crippen LogP contribution is -2.04. The van der Waals surface area contributed by atoms with Crippen molar-refractivity contribution in [2.24, 2.45) is 0 Å². The van der Waals surface area contributed by atoms with E-state index in [4.69, 9.17) is 21.1 Å². The third kappa shape index (κ3) is 1.77. The molecule has 5 nitrogen and oxygen atoms in total. The molecule has 0 bridgehead atoms. The first-order valence-electron chi connectivity index (χ1n) is 4.40. The van der Waals surface area contributed by atoms with Gasteiger partial charge in [-0.05, 0) is 18.6 Å². The van der Waals surface area contributed by atoms with E-state index >= 15 is 0 Å². The van der Waals surface area contributed by atoms with Gasteiger partial charge in [-0.1, -0.05) is 11.6 Å². The van der Waals surface area contributed by atoms with E-state index in [0.717, 1.165) is 5.56 Å². The van der Waals surface area contributed by atoms with E-state index in [2.05, 4.69) is 9.97 Å². The summed E-state index contributed by atoms with van der Waals surface area (Å²) in [5.74, 6) is -0.540. The molecule has 0 aliphatic rings. The second-order valence-electron chi connectivity index (χ2n) is 3.13. The molecular formula is C10H7ClN2O3. The number of aryl methyl sites for hydroxylation is 1. The zero-order chi connectivity index (χ0) is 11.7. The maximum atomic E-state index is 10.8. The number of hydrogen-bond donors (Lipinski definition) is 1. The van der Waals surface area contributed by atoms with Crippen molar-refractivity contribution in [1.29, 1.82) is 0 Å². The van der Waals surface area contributed by atoms with Gasteiger partial charge in [0.1, 0.15) is 0 Å². The summed E-state index contributed by atoms with van der Waals surface area (Å²) < 4.78 is 5.16. The van der Waals surface area contributed by atoms with Crippen LogP contribution in [0.2, 0.25) is 5.02 Å². The Morgan fingerprint density at radius 3 is 2.88 bits per heavy atom. The molecule has 0 fully saturated rings. The molecule has 0 atom stereocenters. The van der Waals surface area contributed by atoms with Gasteiger partial charge in [0.25, 0.3) is 0 Å². The Hall–Kier alpha value is -1.88. The van der Waals surface area contributed by atoms with Gasteiger partial charge in [0.05, 0.1) is 17.5 Å². The van der Waals surface area contributed by atoms with Crippen LogP contribution in [-0.2, 0) is 0 Å². The minimum atomic E-state index is -1.20. The molecule has 0 saturated carbocycles. The average molecular weight is 239 g/mol. The van der Waals surface area contributed by atoms with E-state index in [0.29, 0.717) is 5.76 Å². The number of halogens is 1. The fourth-order valence-corrected chi connectivity index (χ4v) is 1.40. The fourth-order valence-electron chi connectivity index (χ4n) is 1.23. The van der Waals surface area contributed by atoms with Crippen LogP contribution in [0, 0.1) is 6.92 Å². The Morgan fingerprint density at radius 1 is 1.56 bits per heavy atom. The van der Waals surface area contributed by atoms with Gasteiger partial charge in [0, 0.05) is 0 Å². The second-order valence-corrected chi connectivity index (χ2v) is 3.54. The molecule has 6 heteroatoms. The van der Waals surface area contributed by atoms with Crippen molar-refractivity contribution in [2.45, 2.75) is 6.92 Å². The lowest BCUT2D eigenvalue weighted by molar-refractivity contribution is 0.0690. The van der Waals surface area contributed by atoms with Crippen molar-refractivity contribution < 1.29 is 14.3 Å². The van der Waals surface area contributed by atoms with Crippen molar-refractivity contribution in [3.8, 4) is 11.6 Å². The smallest absolute Gasteiger partial charge is 0.356 e. The molecule has 0 saturated heterocycles. The summed E-state index contributed by atoms with van der Waals surface area (Å²) in [7, 11) is 0. The van der Waals surface area contributed by atoms with Crippen LogP contribution in [0.4, 0.5) is 0 Å². The van der Waals surface area contributed by atoms with Crippen molar-refractivity contribution in [3.05, 3.63) is 34.8 Å². The highest BCUT2D eigenvalue weighted by atomic mass is 35.5. The van der Waals surface area contributed by atoms with E-state index in [1.54, 1.807) is 6.07 Å². The number of nitrogens with zero attached hydrogens (tertiary/aromatic N) is 2. The predicted octanol–water partition coefficient (Wildman–Crippen LogP) is 2.40. The van der Waals surface area contributed by atoms with Crippen molar-refractivity contribution in [1.82, 2.24) is 9.97 Å². The number of aromatic nitrogens is 2. The second kappa shape index (κ2) is 3.94. The lowest BCUT2D eigenvalue weighted by Gasteiger charge is -2.00. The summed E-state index contributed by atoms with van der Waals surface area (Å²) in [6.45, 7) is 1.82. The first-order valence-corrected chi connectivity index (χ1v) is 4.77. The van der Waals surface area contributed by atoms with Crippen molar-refractivity contribution >= 4 is 17.6 Å². The molecule has 0 unspecified atom stereocenters. The Balaban J connectivity index is 2.56. The first kappa shape index (κ1) is 10.6. The Morgan fingerprint density at radius 2 is 2.31 bits per heavy atom. The zero-order valence-corrected chi connectivity index (χ0v) is 9.02. The van der Waals surface area contributed by atoms with Crippen molar-refractivity contribution in [2.75, 3.05) is 0 Å². The van der Waals surface area contributed by atoms with E-state index in [1.807, 2.05) is 6.92 Å². The van der Waals surface area contributed by atoms with Crippen LogP contribution in [0.5, 0.6) is 0 Å². The molecule has 0 spiro atoms. The van der Waals surface area contributed by atoms with E-state index in [9.17, 15) is 4.79 Å². The minimum absolute atomic E-state index is 0.000425. The zero-order valence-electron chi connectivity index (χ0n) is 8.27. The highest BCUT2D eigenvalue weighted by Gasteiger charge is 2.15. The highest BCUT2D eigenvalue weighted by molar-refractivity contribution is 6.33. The summed E-state index contributed by atoms with van der Waals surface area (Å²) in [4.78, 5) is 18.6. The van der Waals surface area contributed by atoms with Crippen LogP contribution in [0.25, 0.3) is 11.6 Å². The Kier molecular flexibility index (Phi) is 2.62. The molecule has 2 aromatic rings. The number of carboxylic acid groups (broad SMARTS) is 1. The number of rotatable bonds is 2. The summed E-state index contributed by atoms with van der Waals surface area (Å²) >= 11 is 5.66. The van der Waals surface area contributed by atoms with Crippen molar-refractivity contribution in [3.63, 3.8) is 0 Å². The van der Waals surface area contributed by atoms with Gasteiger partial charge in [-0.3, -0.25) is 0 Å². The van der Waals surface area contributed by atoms with Crippen LogP contribution in [0.1, 0.15) is 16.1 Å². The predicted molar refractivity (Wildman–Crippen MR) is 56.4 cm³/mol. The summed E-state index contributed by atoms with van der Waals surface area (Å²) in [6.07, 6.45) is 2.73. The van der Waals surface area contributed by atoms with Gasteiger partial charge in [-0.15, -0.1) is 0 Å². The number of hydrogen-bond acceptors (Lipinski definition) is 4. The molecule has 0 aromatic carbocycles. The summed E-state index contributed by atoms with van der Waals surface area (Å²) in [6, 6.07) is 1.74. The third-order valence-electron chi connectivity index (χ3n) is 2.01. The number of carboxylic acids is 1. The normalized spacial score (nSPS) is 10.4. The minimum Gasteiger partial charge on any atom is -0.476 e. The molecule has 2 aromatic heterocycles. The fraction of sp³-hybridized carbons (Fsp3) is 0.100. The molecule has 0 aliphatic carbocycles. The summed E-state index contributed by atoms with van der Waals surface area (Å²) in [5, 5.41) is 8.85. The maximum absolute atomic E-state index is 10.8. The molecule has 0 radical (unpaired) electrons. The van der Waals surface area contributed by atoms with E-state index in [-0.39, 0.29) is 16.5 Å². The number of carbonyl (C=O) groups is 1. The quantitative estimate of drug-likeness (QED) is 0.869. The molecule has 0 amide bonds. The third-order valence-corrected chi connectivity index (χ3v) is 2.29. The molecular weight excluding hydrogens is 232 g/mol. The van der Waals surface area contributed by atoms with Crippen LogP contribution >= 0.6 is 11.6 Å². The van der Waals surface area contributed by atoms with Gasteiger partial charge >= 0.3 is 5.97 Å². The van der Waals surface area contributed by atoms with Crippen LogP contribution < -0.4 is 0 Å². The molecule has 2 heterocycles. The van der Waals surface area contributed by atoms with Gasteiger partial charge in [-0.2, -0.15) is 0 Å². The van der Waals surface area contributed by atoms with E-state index < -0.39 is 5.97 Å². The van der Waals surface area contributed by atoms with Gasteiger partial charge in [-0.25, -0.2) is 14.8 Å². The molecule has 0 aliphatic heterocycles. The number of furan rings is 1. The summed E-state index contributed by atoms with van der Waals surface area (Å²) in [5.41, 5.74) is 0.598. The SMILES string of the molecule is Cc1ccoc1-c1ncc(Cl)c(C(=O)O)n1. The molecule has 82 valence electrons. The maximum Gasteiger partial charge on any atom is 0.356 e. The van der Waals surface area contributed by atoms with Crippen LogP contribution in [0.3, 0.4) is 0 Å². The standard InChI is InChI=1S/C10H7ClN2O3/c1-5-2-3-16-8(5)9-12-4-6(11)7(13-9)10(14)15/h2-4H,1H3,(H,14,15). The first-order chi connectivity index (χ1) is 7.59. The van der Waals surface area contributed by atoms with Gasteiger partial charge < -0.3 is 9.52 Å². The molecule has 2 rings (SSSR count). The highest BCUT2D eigenvalue weighted by Crippen LogP contribution is 2.22. The molecule has 16 heavy (non-hydrogen) atoms. The average Bonchev–Trinajstić information content (AvgIpc) is 2.65. The largest absolute Gasteiger partial charge is 0.476 e. The molecule has 1 N–H and O–H groups in total. The lowest BCUT2D eigenvalue weighted by atomic mass is 10.2. The Bertz CT molecular complexity index is 551. The van der Waals surface area contributed by atoms with Gasteiger partial charge in [0.15, 0.2) is 17.3 Å². The van der Waals surface area contributed by atoms with Crippen LogP contribution in [-0.4, -0.2) is 21.0 Å². The van der Waals surface area contributed by atoms with Gasteiger partial charge in [0.2, 0.25) is 0 Å². The number of aromatic carboxylic acids is 1. The van der Waals surface area contributed by atoms with E-state index in [1.165, 1.54) is 12.5 Å². The monoisotopic (exact) mass is 238 g/mol. The Labute approximate surface area is 95.7 Å². The topological polar surface area (TPSA) is 76.2 Å². The van der Waals surface area contributed by atoms with Crippen LogP contribution in [0.15, 0.2) is 22.9 Å².